The van der Waals surface area contributed by atoms with Gasteiger partial charge in [-0.15, -0.1) is 0 Å². The van der Waals surface area contributed by atoms with E-state index in [1.165, 1.54) is 12.8 Å². The smallest absolute Gasteiger partial charge is 0.257 e. The highest BCUT2D eigenvalue weighted by Crippen LogP contribution is 2.32. The molecule has 1 aliphatic carbocycles. The average Bonchev–Trinajstić information content (AvgIpc) is 3.34. The van der Waals surface area contributed by atoms with Gasteiger partial charge in [0.25, 0.3) is 5.91 Å². The Kier molecular flexibility index (Phi) is 6.42. The van der Waals surface area contributed by atoms with Gasteiger partial charge < -0.3 is 19.7 Å². The first-order valence-electron chi connectivity index (χ1n) is 8.27. The molecule has 1 aromatic rings. The number of carbonyl (C=O) groups excluding carboxylic acids is 1. The minimum absolute atomic E-state index is 0.0350. The van der Waals surface area contributed by atoms with E-state index in [-0.39, 0.29) is 11.9 Å². The van der Waals surface area contributed by atoms with Gasteiger partial charge in [-0.1, -0.05) is 12.1 Å². The second-order valence-corrected chi connectivity index (χ2v) is 6.28. The van der Waals surface area contributed by atoms with Crippen LogP contribution in [0.4, 0.5) is 0 Å². The Morgan fingerprint density at radius 1 is 1.35 bits per heavy atom. The van der Waals surface area contributed by atoms with E-state index < -0.39 is 0 Å². The fourth-order valence-electron chi connectivity index (χ4n) is 2.54. The van der Waals surface area contributed by atoms with E-state index in [0.717, 1.165) is 12.0 Å². The average molecular weight is 320 g/mol. The molecule has 1 aromatic carbocycles. The van der Waals surface area contributed by atoms with Gasteiger partial charge in [0.2, 0.25) is 0 Å². The van der Waals surface area contributed by atoms with Crippen LogP contribution in [-0.4, -0.2) is 51.3 Å². The minimum atomic E-state index is -0.0350. The van der Waals surface area contributed by atoms with Gasteiger partial charge in [-0.3, -0.25) is 4.79 Å². The predicted octanol–water partition coefficient (Wildman–Crippen LogP) is 2.62. The topological polar surface area (TPSA) is 50.8 Å². The summed E-state index contributed by atoms with van der Waals surface area (Å²) in [5, 5.41) is 3.58. The third-order valence-electron chi connectivity index (χ3n) is 3.95. The third-order valence-corrected chi connectivity index (χ3v) is 3.95. The van der Waals surface area contributed by atoms with Crippen LogP contribution in [0.25, 0.3) is 0 Å². The van der Waals surface area contributed by atoms with Gasteiger partial charge in [0.1, 0.15) is 5.75 Å². The molecule has 23 heavy (non-hydrogen) atoms. The Balaban J connectivity index is 2.23. The van der Waals surface area contributed by atoms with Gasteiger partial charge in [0, 0.05) is 51.9 Å². The lowest BCUT2D eigenvalue weighted by Gasteiger charge is -2.22. The maximum absolute atomic E-state index is 12.5. The van der Waals surface area contributed by atoms with Crippen LogP contribution >= 0.6 is 0 Å². The van der Waals surface area contributed by atoms with Crippen molar-refractivity contribution in [1.82, 2.24) is 10.2 Å². The SMILES string of the molecule is COCCCOc1c(C(=O)N(C)C)cccc1C(C)NC1CC1. The highest BCUT2D eigenvalue weighted by atomic mass is 16.5. The maximum Gasteiger partial charge on any atom is 0.257 e. The minimum Gasteiger partial charge on any atom is -0.492 e. The van der Waals surface area contributed by atoms with Crippen LogP contribution in [0.5, 0.6) is 5.75 Å². The lowest BCUT2D eigenvalue weighted by molar-refractivity contribution is 0.0822. The van der Waals surface area contributed by atoms with Gasteiger partial charge >= 0.3 is 0 Å². The van der Waals surface area contributed by atoms with E-state index in [4.69, 9.17) is 9.47 Å². The Labute approximate surface area is 139 Å². The van der Waals surface area contributed by atoms with Crippen molar-refractivity contribution in [2.24, 2.45) is 0 Å². The normalized spacial score (nSPS) is 15.3. The third kappa shape index (κ3) is 4.94. The molecule has 1 saturated carbocycles. The molecule has 0 spiro atoms. The van der Waals surface area contributed by atoms with Crippen LogP contribution in [0.3, 0.4) is 0 Å². The first kappa shape index (κ1) is 17.8. The summed E-state index contributed by atoms with van der Waals surface area (Å²) in [7, 11) is 5.20. The molecule has 0 aromatic heterocycles. The highest BCUT2D eigenvalue weighted by molar-refractivity contribution is 5.97. The molecule has 5 nitrogen and oxygen atoms in total. The molecular formula is C18H28N2O3. The van der Waals surface area contributed by atoms with Crippen molar-refractivity contribution in [3.8, 4) is 5.75 Å². The van der Waals surface area contributed by atoms with E-state index in [2.05, 4.69) is 12.2 Å². The van der Waals surface area contributed by atoms with Crippen LogP contribution < -0.4 is 10.1 Å². The van der Waals surface area contributed by atoms with Crippen molar-refractivity contribution in [3.05, 3.63) is 29.3 Å². The lowest BCUT2D eigenvalue weighted by Crippen LogP contribution is -2.25. The second kappa shape index (κ2) is 8.31. The van der Waals surface area contributed by atoms with Crippen molar-refractivity contribution in [2.75, 3.05) is 34.4 Å². The van der Waals surface area contributed by atoms with Gasteiger partial charge in [-0.2, -0.15) is 0 Å². The summed E-state index contributed by atoms with van der Waals surface area (Å²) in [4.78, 5) is 14.0. The van der Waals surface area contributed by atoms with E-state index in [0.29, 0.717) is 30.6 Å². The molecule has 0 bridgehead atoms. The zero-order chi connectivity index (χ0) is 16.8. The number of rotatable bonds is 9. The molecule has 1 amide bonds. The molecule has 1 aliphatic rings. The first-order valence-corrected chi connectivity index (χ1v) is 8.27. The summed E-state index contributed by atoms with van der Waals surface area (Å²) in [6.45, 7) is 3.31. The summed E-state index contributed by atoms with van der Waals surface area (Å²) in [6.07, 6.45) is 3.25. The van der Waals surface area contributed by atoms with Crippen LogP contribution in [-0.2, 0) is 4.74 Å². The molecule has 0 saturated heterocycles. The molecule has 1 unspecified atom stereocenters. The largest absolute Gasteiger partial charge is 0.492 e. The summed E-state index contributed by atoms with van der Waals surface area (Å²) in [6, 6.07) is 6.56. The number of methoxy groups -OCH3 is 1. The molecular weight excluding hydrogens is 292 g/mol. The molecule has 5 heteroatoms. The van der Waals surface area contributed by atoms with Gasteiger partial charge in [-0.25, -0.2) is 0 Å². The van der Waals surface area contributed by atoms with Crippen molar-refractivity contribution < 1.29 is 14.3 Å². The number of carbonyl (C=O) groups is 1. The Hall–Kier alpha value is -1.59. The van der Waals surface area contributed by atoms with E-state index >= 15 is 0 Å². The van der Waals surface area contributed by atoms with Crippen LogP contribution in [0.2, 0.25) is 0 Å². The number of benzene rings is 1. The summed E-state index contributed by atoms with van der Waals surface area (Å²) < 4.78 is 11.1. The number of para-hydroxylation sites is 1. The molecule has 0 heterocycles. The molecule has 2 rings (SSSR count). The van der Waals surface area contributed by atoms with Crippen LogP contribution in [0.1, 0.15) is 48.1 Å². The highest BCUT2D eigenvalue weighted by Gasteiger charge is 2.26. The Bertz CT molecular complexity index is 527. The van der Waals surface area contributed by atoms with Crippen molar-refractivity contribution in [2.45, 2.75) is 38.3 Å². The van der Waals surface area contributed by atoms with E-state index in [1.807, 2.05) is 18.2 Å². The molecule has 1 atom stereocenters. The fourth-order valence-corrected chi connectivity index (χ4v) is 2.54. The Morgan fingerprint density at radius 2 is 2.09 bits per heavy atom. The van der Waals surface area contributed by atoms with E-state index in [9.17, 15) is 4.79 Å². The number of hydrogen-bond donors (Lipinski definition) is 1. The Morgan fingerprint density at radius 3 is 2.70 bits per heavy atom. The molecule has 128 valence electrons. The van der Waals surface area contributed by atoms with Crippen molar-refractivity contribution >= 4 is 5.91 Å². The number of nitrogens with zero attached hydrogens (tertiary/aromatic N) is 1. The van der Waals surface area contributed by atoms with Crippen LogP contribution in [0.15, 0.2) is 18.2 Å². The lowest BCUT2D eigenvalue weighted by atomic mass is 10.0. The zero-order valence-electron chi connectivity index (χ0n) is 14.6. The summed E-state index contributed by atoms with van der Waals surface area (Å²) in [5.74, 6) is 0.662. The van der Waals surface area contributed by atoms with Crippen molar-refractivity contribution in [1.29, 1.82) is 0 Å². The molecule has 1 fully saturated rings. The predicted molar refractivity (Wildman–Crippen MR) is 91.0 cm³/mol. The zero-order valence-corrected chi connectivity index (χ0v) is 14.6. The van der Waals surface area contributed by atoms with Gasteiger partial charge in [-0.05, 0) is 25.8 Å². The molecule has 0 aliphatic heterocycles. The fraction of sp³-hybridized carbons (Fsp3) is 0.611. The van der Waals surface area contributed by atoms with Gasteiger partial charge in [0.15, 0.2) is 0 Å². The van der Waals surface area contributed by atoms with Gasteiger partial charge in [0.05, 0.1) is 12.2 Å². The summed E-state index contributed by atoms with van der Waals surface area (Å²) >= 11 is 0. The van der Waals surface area contributed by atoms with Crippen molar-refractivity contribution in [3.63, 3.8) is 0 Å². The molecule has 1 N–H and O–H groups in total. The van der Waals surface area contributed by atoms with E-state index in [1.54, 1.807) is 26.1 Å². The monoisotopic (exact) mass is 320 g/mol. The molecule has 0 radical (unpaired) electrons. The first-order chi connectivity index (χ1) is 11.0. The quantitative estimate of drug-likeness (QED) is 0.711. The maximum atomic E-state index is 12.5. The number of ether oxygens (including phenoxy) is 2. The second-order valence-electron chi connectivity index (χ2n) is 6.28. The van der Waals surface area contributed by atoms with Crippen LogP contribution in [0, 0.1) is 0 Å². The summed E-state index contributed by atoms with van der Waals surface area (Å²) in [5.41, 5.74) is 1.66. The standard InChI is InChI=1S/C18H28N2O3/c1-13(19-14-9-10-14)15-7-5-8-16(18(21)20(2)3)17(15)23-12-6-11-22-4/h5,7-8,13-14,19H,6,9-12H2,1-4H3. The number of hydrogen-bond acceptors (Lipinski definition) is 4. The number of amides is 1. The number of nitrogens with one attached hydrogen (secondary N) is 1.